The minimum Gasteiger partial charge on any atom is -0.274 e. The first-order valence-electron chi connectivity index (χ1n) is 5.04. The quantitative estimate of drug-likeness (QED) is 0.642. The van der Waals surface area contributed by atoms with Crippen molar-refractivity contribution < 1.29 is 4.57 Å². The highest BCUT2D eigenvalue weighted by Crippen LogP contribution is 2.35. The molecule has 0 heterocycles. The highest BCUT2D eigenvalue weighted by Gasteiger charge is 2.13. The Labute approximate surface area is 119 Å². The zero-order chi connectivity index (χ0) is 12.3. The Balaban J connectivity index is 2.36. The second-order valence-corrected chi connectivity index (χ2v) is 6.17. The molecule has 86 valence electrons. The summed E-state index contributed by atoms with van der Waals surface area (Å²) in [6, 6.07) is 15.8. The molecule has 0 radical (unpaired) electrons. The second-order valence-electron chi connectivity index (χ2n) is 3.61. The van der Waals surface area contributed by atoms with Gasteiger partial charge in [-0.1, -0.05) is 56.1 Å². The summed E-state index contributed by atoms with van der Waals surface area (Å²) in [5.41, 5.74) is 2.00. The molecule has 0 amide bonds. The van der Waals surface area contributed by atoms with Gasteiger partial charge >= 0.3 is 0 Å². The van der Waals surface area contributed by atoms with Crippen molar-refractivity contribution in [2.24, 2.45) is 0 Å². The van der Waals surface area contributed by atoms with Crippen molar-refractivity contribution in [3.8, 4) is 0 Å². The lowest BCUT2D eigenvalue weighted by atomic mass is 10.0. The van der Waals surface area contributed by atoms with E-state index in [1.54, 1.807) is 0 Å². The van der Waals surface area contributed by atoms with E-state index in [1.165, 1.54) is 0 Å². The fraction of sp³-hybridized carbons (Fsp3) is 0.0769. The third-order valence-corrected chi connectivity index (χ3v) is 4.34. The third kappa shape index (κ3) is 3.25. The topological polar surface area (TPSA) is 17.1 Å². The molecule has 0 aliphatic carbocycles. The minimum absolute atomic E-state index is 0.101. The Hall–Kier alpha value is -0.500. The SMILES string of the molecule is O=PC(c1ccc(Br)cc1)c1ccc(Br)cc1. The van der Waals surface area contributed by atoms with Crippen LogP contribution in [-0.2, 0) is 4.57 Å². The van der Waals surface area contributed by atoms with Crippen molar-refractivity contribution in [2.75, 3.05) is 0 Å². The summed E-state index contributed by atoms with van der Waals surface area (Å²) in [6.07, 6.45) is 0. The van der Waals surface area contributed by atoms with Crippen LogP contribution in [0, 0.1) is 0 Å². The van der Waals surface area contributed by atoms with Crippen LogP contribution in [-0.4, -0.2) is 0 Å². The summed E-state index contributed by atoms with van der Waals surface area (Å²) in [6.45, 7) is 0. The molecule has 0 bridgehead atoms. The Kier molecular flexibility index (Phi) is 4.49. The molecule has 0 saturated carbocycles. The van der Waals surface area contributed by atoms with Crippen LogP contribution < -0.4 is 0 Å². The van der Waals surface area contributed by atoms with Gasteiger partial charge < -0.3 is 0 Å². The van der Waals surface area contributed by atoms with Gasteiger partial charge in [0, 0.05) is 8.95 Å². The molecular formula is C13H9Br2OP. The lowest BCUT2D eigenvalue weighted by Crippen LogP contribution is -1.92. The minimum atomic E-state index is -0.101. The summed E-state index contributed by atoms with van der Waals surface area (Å²) in [5, 5.41) is 0. The van der Waals surface area contributed by atoms with Crippen LogP contribution in [0.1, 0.15) is 16.8 Å². The summed E-state index contributed by atoms with van der Waals surface area (Å²) >= 11 is 6.79. The molecule has 0 aliphatic heterocycles. The van der Waals surface area contributed by atoms with Crippen LogP contribution in [0.25, 0.3) is 0 Å². The molecule has 0 N–H and O–H groups in total. The van der Waals surface area contributed by atoms with Crippen LogP contribution in [0.2, 0.25) is 0 Å². The van der Waals surface area contributed by atoms with Gasteiger partial charge in [-0.25, -0.2) is 0 Å². The maximum atomic E-state index is 11.3. The maximum Gasteiger partial charge on any atom is 0.168 e. The molecule has 0 atom stereocenters. The average Bonchev–Trinajstić information content (AvgIpc) is 2.35. The number of benzene rings is 2. The zero-order valence-electron chi connectivity index (χ0n) is 8.81. The fourth-order valence-electron chi connectivity index (χ4n) is 1.60. The van der Waals surface area contributed by atoms with Crippen molar-refractivity contribution in [3.05, 3.63) is 68.6 Å². The molecule has 2 rings (SSSR count). The molecular weight excluding hydrogens is 363 g/mol. The van der Waals surface area contributed by atoms with Gasteiger partial charge in [0.15, 0.2) is 8.46 Å². The molecule has 2 aromatic carbocycles. The number of rotatable bonds is 3. The average molecular weight is 372 g/mol. The second kappa shape index (κ2) is 5.90. The molecule has 0 aliphatic rings. The molecule has 1 nitrogen and oxygen atoms in total. The van der Waals surface area contributed by atoms with E-state index in [-0.39, 0.29) is 14.1 Å². The zero-order valence-corrected chi connectivity index (χ0v) is 12.9. The van der Waals surface area contributed by atoms with Crippen molar-refractivity contribution in [2.45, 2.75) is 5.66 Å². The summed E-state index contributed by atoms with van der Waals surface area (Å²) < 4.78 is 13.4. The van der Waals surface area contributed by atoms with E-state index in [1.807, 2.05) is 48.5 Å². The first kappa shape index (κ1) is 12.9. The molecule has 4 heteroatoms. The van der Waals surface area contributed by atoms with Crippen LogP contribution in [0.3, 0.4) is 0 Å². The molecule has 0 aromatic heterocycles. The fourth-order valence-corrected chi connectivity index (χ4v) is 2.72. The number of hydrogen-bond acceptors (Lipinski definition) is 1. The van der Waals surface area contributed by atoms with E-state index in [9.17, 15) is 4.57 Å². The van der Waals surface area contributed by atoms with Crippen molar-refractivity contribution in [3.63, 3.8) is 0 Å². The van der Waals surface area contributed by atoms with E-state index in [0.29, 0.717) is 0 Å². The summed E-state index contributed by atoms with van der Waals surface area (Å²) in [7, 11) is 0.112. The highest BCUT2D eigenvalue weighted by molar-refractivity contribution is 9.10. The van der Waals surface area contributed by atoms with E-state index < -0.39 is 0 Å². The van der Waals surface area contributed by atoms with Gasteiger partial charge in [0.05, 0.1) is 5.66 Å². The Morgan fingerprint density at radius 2 is 1.12 bits per heavy atom. The first-order chi connectivity index (χ1) is 8.20. The van der Waals surface area contributed by atoms with Gasteiger partial charge in [0.1, 0.15) is 0 Å². The molecule has 0 fully saturated rings. The van der Waals surface area contributed by atoms with Crippen LogP contribution >= 0.6 is 40.3 Å². The molecule has 17 heavy (non-hydrogen) atoms. The van der Waals surface area contributed by atoms with E-state index >= 15 is 0 Å². The van der Waals surface area contributed by atoms with Crippen LogP contribution in [0.15, 0.2) is 57.5 Å². The monoisotopic (exact) mass is 370 g/mol. The van der Waals surface area contributed by atoms with E-state index in [2.05, 4.69) is 31.9 Å². The number of hydrogen-bond donors (Lipinski definition) is 0. The van der Waals surface area contributed by atoms with Crippen LogP contribution in [0.5, 0.6) is 0 Å². The van der Waals surface area contributed by atoms with E-state index in [4.69, 9.17) is 0 Å². The molecule has 0 unspecified atom stereocenters. The Morgan fingerprint density at radius 3 is 1.41 bits per heavy atom. The number of halogens is 2. The van der Waals surface area contributed by atoms with Gasteiger partial charge in [-0.15, -0.1) is 0 Å². The predicted octanol–water partition coefficient (Wildman–Crippen LogP) is 5.59. The van der Waals surface area contributed by atoms with Crippen molar-refractivity contribution in [1.82, 2.24) is 0 Å². The van der Waals surface area contributed by atoms with Gasteiger partial charge in [0.25, 0.3) is 0 Å². The summed E-state index contributed by atoms with van der Waals surface area (Å²) in [4.78, 5) is 0. The first-order valence-corrected chi connectivity index (χ1v) is 7.51. The lowest BCUT2D eigenvalue weighted by molar-refractivity contribution is 0.595. The van der Waals surface area contributed by atoms with E-state index in [0.717, 1.165) is 20.1 Å². The normalized spacial score (nSPS) is 11.0. The predicted molar refractivity (Wildman–Crippen MR) is 77.7 cm³/mol. The standard InChI is InChI=1S/C13H9Br2OP/c14-11-5-1-9(2-6-11)13(17-16)10-3-7-12(15)8-4-10/h1-8,13H. The van der Waals surface area contributed by atoms with Gasteiger partial charge in [-0.3, -0.25) is 4.57 Å². The molecule has 0 spiro atoms. The van der Waals surface area contributed by atoms with Gasteiger partial charge in [-0.05, 0) is 35.4 Å². The van der Waals surface area contributed by atoms with Crippen molar-refractivity contribution in [1.29, 1.82) is 0 Å². The largest absolute Gasteiger partial charge is 0.274 e. The summed E-state index contributed by atoms with van der Waals surface area (Å²) in [5.74, 6) is 0. The lowest BCUT2D eigenvalue weighted by Gasteiger charge is -2.10. The van der Waals surface area contributed by atoms with Gasteiger partial charge in [0.2, 0.25) is 0 Å². The molecule has 2 aromatic rings. The third-order valence-electron chi connectivity index (χ3n) is 2.48. The Morgan fingerprint density at radius 1 is 0.765 bits per heavy atom. The maximum absolute atomic E-state index is 11.3. The van der Waals surface area contributed by atoms with Gasteiger partial charge in [-0.2, -0.15) is 0 Å². The highest BCUT2D eigenvalue weighted by atomic mass is 79.9. The smallest absolute Gasteiger partial charge is 0.168 e. The molecule has 0 saturated heterocycles. The van der Waals surface area contributed by atoms with Crippen molar-refractivity contribution >= 4 is 40.3 Å². The van der Waals surface area contributed by atoms with Crippen LogP contribution in [0.4, 0.5) is 0 Å². The Bertz CT molecular complexity index is 462.